The fourth-order valence-corrected chi connectivity index (χ4v) is 6.33. The number of ketones is 2. The molecule has 0 bridgehead atoms. The van der Waals surface area contributed by atoms with E-state index in [-0.39, 0.29) is 33.5 Å². The minimum Gasteiger partial charge on any atom is -0.299 e. The lowest BCUT2D eigenvalue weighted by molar-refractivity contribution is -0.240. The van der Waals surface area contributed by atoms with E-state index in [0.29, 0.717) is 24.4 Å². The van der Waals surface area contributed by atoms with E-state index in [9.17, 15) is 9.59 Å². The van der Waals surface area contributed by atoms with E-state index in [2.05, 4.69) is 41.5 Å². The number of fused-ring (bicyclic) bond motifs is 4. The Balaban J connectivity index is 2.05. The molecular weight excluding hydrogens is 248 g/mol. The van der Waals surface area contributed by atoms with Crippen LogP contribution in [-0.2, 0) is 9.59 Å². The van der Waals surface area contributed by atoms with Gasteiger partial charge in [-0.25, -0.2) is 0 Å². The molecule has 0 spiro atoms. The molecule has 0 aromatic carbocycles. The summed E-state index contributed by atoms with van der Waals surface area (Å²) in [4.78, 5) is 25.3. The monoisotopic (exact) mass is 276 g/mol. The third kappa shape index (κ3) is 1.57. The molecule has 0 N–H and O–H groups in total. The van der Waals surface area contributed by atoms with E-state index >= 15 is 0 Å². The molecule has 0 amide bonds. The molecule has 4 atom stereocenters. The summed E-state index contributed by atoms with van der Waals surface area (Å²) in [5.41, 5.74) is 0.204. The van der Waals surface area contributed by atoms with Gasteiger partial charge in [0.25, 0.3) is 0 Å². The van der Waals surface area contributed by atoms with Gasteiger partial charge in [-0.2, -0.15) is 0 Å². The molecule has 0 aliphatic heterocycles. The summed E-state index contributed by atoms with van der Waals surface area (Å²) >= 11 is 0. The fourth-order valence-electron chi connectivity index (χ4n) is 6.33. The Bertz CT molecular complexity index is 456. The normalized spacial score (nSPS) is 49.1. The molecule has 0 aromatic heterocycles. The second-order valence-electron chi connectivity index (χ2n) is 9.76. The van der Waals surface area contributed by atoms with Crippen molar-refractivity contribution in [2.24, 2.45) is 33.5 Å². The van der Waals surface area contributed by atoms with Crippen LogP contribution in [-0.4, -0.2) is 11.6 Å². The van der Waals surface area contributed by atoms with Crippen molar-refractivity contribution in [1.82, 2.24) is 0 Å². The highest BCUT2D eigenvalue weighted by atomic mass is 16.1. The van der Waals surface area contributed by atoms with Gasteiger partial charge in [-0.05, 0) is 34.5 Å². The second-order valence-corrected chi connectivity index (χ2v) is 9.76. The van der Waals surface area contributed by atoms with Crippen molar-refractivity contribution in [3.05, 3.63) is 0 Å². The Kier molecular flexibility index (Phi) is 2.54. The highest BCUT2D eigenvalue weighted by Crippen LogP contribution is 2.75. The van der Waals surface area contributed by atoms with Crippen molar-refractivity contribution in [3.8, 4) is 0 Å². The topological polar surface area (TPSA) is 34.1 Å². The number of hydrogen-bond acceptors (Lipinski definition) is 2. The maximum atomic E-state index is 12.6. The summed E-state index contributed by atoms with van der Waals surface area (Å²) < 4.78 is 0. The molecule has 0 heterocycles. The van der Waals surface area contributed by atoms with Gasteiger partial charge in [-0.1, -0.05) is 41.5 Å². The molecule has 3 rings (SSSR count). The van der Waals surface area contributed by atoms with Crippen LogP contribution in [0.15, 0.2) is 0 Å². The average Bonchev–Trinajstić information content (AvgIpc) is 2.17. The average molecular weight is 276 g/mol. The second kappa shape index (κ2) is 3.56. The van der Waals surface area contributed by atoms with Gasteiger partial charge < -0.3 is 0 Å². The highest BCUT2D eigenvalue weighted by Gasteiger charge is 2.74. The third-order valence-corrected chi connectivity index (χ3v) is 6.70. The zero-order chi connectivity index (χ0) is 15.1. The maximum absolute atomic E-state index is 12.6. The quantitative estimate of drug-likeness (QED) is 0.669. The first-order chi connectivity index (χ1) is 8.92. The number of Topliss-reactive ketones (excluding diaryl/α,β-unsaturated/α-hetero) is 2. The number of carbonyl (C=O) groups is 2. The molecule has 3 aliphatic rings. The Morgan fingerprint density at radius 1 is 0.700 bits per heavy atom. The van der Waals surface area contributed by atoms with Gasteiger partial charge in [0, 0.05) is 24.7 Å². The van der Waals surface area contributed by atoms with Gasteiger partial charge in [0.15, 0.2) is 0 Å². The van der Waals surface area contributed by atoms with E-state index < -0.39 is 0 Å². The first-order valence-corrected chi connectivity index (χ1v) is 7.97. The molecule has 3 saturated carbocycles. The van der Waals surface area contributed by atoms with Crippen molar-refractivity contribution >= 4 is 11.6 Å². The summed E-state index contributed by atoms with van der Waals surface area (Å²) in [6.07, 6.45) is 3.45. The van der Waals surface area contributed by atoms with Crippen LogP contribution in [0.2, 0.25) is 0 Å². The molecule has 3 fully saturated rings. The number of hydrogen-bond donors (Lipinski definition) is 0. The first-order valence-electron chi connectivity index (χ1n) is 7.97. The van der Waals surface area contributed by atoms with E-state index in [0.717, 1.165) is 12.8 Å². The molecule has 0 saturated heterocycles. The minimum atomic E-state index is 0.00382. The molecule has 2 heteroatoms. The summed E-state index contributed by atoms with van der Waals surface area (Å²) in [6.45, 7) is 13.4. The highest BCUT2D eigenvalue weighted by molar-refractivity contribution is 5.95. The van der Waals surface area contributed by atoms with Crippen LogP contribution in [0.1, 0.15) is 67.2 Å². The fraction of sp³-hybridized carbons (Fsp3) is 0.889. The Morgan fingerprint density at radius 2 is 1.00 bits per heavy atom. The molecule has 112 valence electrons. The lowest BCUT2D eigenvalue weighted by atomic mass is 9.29. The third-order valence-electron chi connectivity index (χ3n) is 6.70. The van der Waals surface area contributed by atoms with Gasteiger partial charge in [-0.3, -0.25) is 9.59 Å². The van der Waals surface area contributed by atoms with Crippen LogP contribution in [0.25, 0.3) is 0 Å². The lowest BCUT2D eigenvalue weighted by Gasteiger charge is -2.73. The van der Waals surface area contributed by atoms with Gasteiger partial charge in [-0.15, -0.1) is 0 Å². The Labute approximate surface area is 122 Å². The summed E-state index contributed by atoms with van der Waals surface area (Å²) in [5.74, 6) is 0.701. The molecular formula is C18H28O2. The van der Waals surface area contributed by atoms with Crippen molar-refractivity contribution in [3.63, 3.8) is 0 Å². The molecule has 0 aromatic rings. The van der Waals surface area contributed by atoms with E-state index in [1.165, 1.54) is 0 Å². The van der Waals surface area contributed by atoms with Crippen molar-refractivity contribution in [2.75, 3.05) is 0 Å². The zero-order valence-corrected chi connectivity index (χ0v) is 13.8. The minimum absolute atomic E-state index is 0.00382. The Hall–Kier alpha value is -0.660. The molecule has 0 radical (unpaired) electrons. The van der Waals surface area contributed by atoms with E-state index in [1.807, 2.05) is 0 Å². The largest absolute Gasteiger partial charge is 0.299 e. The molecule has 2 nitrogen and oxygen atoms in total. The molecule has 0 unspecified atom stereocenters. The van der Waals surface area contributed by atoms with Crippen LogP contribution < -0.4 is 0 Å². The predicted molar refractivity (Wildman–Crippen MR) is 79.2 cm³/mol. The van der Waals surface area contributed by atoms with Crippen LogP contribution in [0, 0.1) is 33.5 Å². The van der Waals surface area contributed by atoms with Gasteiger partial charge in [0.05, 0.1) is 0 Å². The van der Waals surface area contributed by atoms with Crippen molar-refractivity contribution in [2.45, 2.75) is 67.2 Å². The number of carbonyl (C=O) groups excluding carboxylic acids is 2. The smallest absolute Gasteiger partial charge is 0.137 e. The zero-order valence-electron chi connectivity index (χ0n) is 13.8. The summed E-state index contributed by atoms with van der Waals surface area (Å²) in [7, 11) is 0. The van der Waals surface area contributed by atoms with Crippen LogP contribution in [0.4, 0.5) is 0 Å². The van der Waals surface area contributed by atoms with E-state index in [4.69, 9.17) is 0 Å². The standard InChI is InChI=1S/C18H28O2/c1-15(2)7-11(19)13-14-12(20)8-16(3,4)10-18(14,6)17(13,5)9-15/h13-14H,7-10H2,1-6H3/t13-,14-,17-,18-/m1/s1. The lowest BCUT2D eigenvalue weighted by Crippen LogP contribution is -2.73. The Morgan fingerprint density at radius 3 is 1.30 bits per heavy atom. The van der Waals surface area contributed by atoms with Crippen LogP contribution in [0.5, 0.6) is 0 Å². The number of rotatable bonds is 0. The van der Waals surface area contributed by atoms with E-state index in [1.54, 1.807) is 0 Å². The first kappa shape index (κ1) is 14.3. The predicted octanol–water partition coefficient (Wildman–Crippen LogP) is 4.02. The SMILES string of the molecule is CC1(C)CC(=O)[C@@H]2[C@H]3C(=O)CC(C)(C)C[C@@]3(C)[C@]2(C)C1. The maximum Gasteiger partial charge on any atom is 0.137 e. The van der Waals surface area contributed by atoms with Gasteiger partial charge in [0.1, 0.15) is 11.6 Å². The van der Waals surface area contributed by atoms with Crippen LogP contribution >= 0.6 is 0 Å². The van der Waals surface area contributed by atoms with Gasteiger partial charge >= 0.3 is 0 Å². The van der Waals surface area contributed by atoms with Gasteiger partial charge in [0.2, 0.25) is 0 Å². The van der Waals surface area contributed by atoms with Crippen molar-refractivity contribution < 1.29 is 9.59 Å². The van der Waals surface area contributed by atoms with Crippen molar-refractivity contribution in [1.29, 1.82) is 0 Å². The molecule has 20 heavy (non-hydrogen) atoms. The summed E-state index contributed by atoms with van der Waals surface area (Å²) in [5, 5.41) is 0. The summed E-state index contributed by atoms with van der Waals surface area (Å²) in [6, 6.07) is 0. The van der Waals surface area contributed by atoms with Crippen LogP contribution in [0.3, 0.4) is 0 Å². The molecule has 3 aliphatic carbocycles.